The number of benzene rings is 1. The molecule has 0 spiro atoms. The Kier molecular flexibility index (Phi) is 5.12. The van der Waals surface area contributed by atoms with Crippen molar-refractivity contribution >= 4 is 11.7 Å². The highest BCUT2D eigenvalue weighted by Gasteiger charge is 2.24. The molecule has 116 valence electrons. The van der Waals surface area contributed by atoms with Gasteiger partial charge in [0.25, 0.3) is 0 Å². The van der Waals surface area contributed by atoms with Crippen molar-refractivity contribution in [3.63, 3.8) is 0 Å². The van der Waals surface area contributed by atoms with Crippen LogP contribution in [0.2, 0.25) is 0 Å². The van der Waals surface area contributed by atoms with Gasteiger partial charge < -0.3 is 15.5 Å². The molecule has 1 aromatic rings. The molecule has 2 rings (SSSR count). The number of nitrogens with one attached hydrogen (secondary N) is 2. The highest BCUT2D eigenvalue weighted by Crippen LogP contribution is 2.18. The normalized spacial score (nSPS) is 19.0. The van der Waals surface area contributed by atoms with Gasteiger partial charge in [-0.2, -0.15) is 0 Å². The fourth-order valence-corrected chi connectivity index (χ4v) is 2.49. The Bertz CT molecular complexity index is 508. The van der Waals surface area contributed by atoms with Crippen molar-refractivity contribution < 1.29 is 13.6 Å². The monoisotopic (exact) mass is 297 g/mol. The van der Waals surface area contributed by atoms with E-state index in [0.717, 1.165) is 31.6 Å². The molecule has 1 fully saturated rings. The quantitative estimate of drug-likeness (QED) is 0.897. The topological polar surface area (TPSA) is 44.4 Å². The maximum atomic E-state index is 13.4. The molecule has 1 saturated heterocycles. The van der Waals surface area contributed by atoms with Gasteiger partial charge in [0.1, 0.15) is 11.6 Å². The molecule has 0 unspecified atom stereocenters. The Hall–Kier alpha value is -1.69. The van der Waals surface area contributed by atoms with Crippen LogP contribution in [0.1, 0.15) is 20.3 Å². The number of halogens is 2. The van der Waals surface area contributed by atoms with Crippen LogP contribution in [0.4, 0.5) is 19.3 Å². The molecule has 6 heteroatoms. The molecule has 4 nitrogen and oxygen atoms in total. The lowest BCUT2D eigenvalue weighted by Gasteiger charge is -2.20. The van der Waals surface area contributed by atoms with Gasteiger partial charge in [-0.3, -0.25) is 0 Å². The van der Waals surface area contributed by atoms with Crippen molar-refractivity contribution in [3.8, 4) is 0 Å². The molecule has 1 heterocycles. The van der Waals surface area contributed by atoms with E-state index in [9.17, 15) is 13.6 Å². The molecule has 21 heavy (non-hydrogen) atoms. The molecule has 1 aliphatic rings. The van der Waals surface area contributed by atoms with Crippen LogP contribution in [0.5, 0.6) is 0 Å². The summed E-state index contributed by atoms with van der Waals surface area (Å²) >= 11 is 0. The molecular weight excluding hydrogens is 276 g/mol. The molecule has 0 aliphatic carbocycles. The Labute approximate surface area is 123 Å². The highest BCUT2D eigenvalue weighted by atomic mass is 19.1. The zero-order valence-electron chi connectivity index (χ0n) is 12.3. The van der Waals surface area contributed by atoms with E-state index in [1.807, 2.05) is 0 Å². The molecule has 1 atom stereocenters. The minimum Gasteiger partial charge on any atom is -0.338 e. The summed E-state index contributed by atoms with van der Waals surface area (Å²) in [7, 11) is 0. The summed E-state index contributed by atoms with van der Waals surface area (Å²) in [6, 6.07) is 3.10. The summed E-state index contributed by atoms with van der Waals surface area (Å²) in [6.07, 6.45) is 1.05. The first-order valence-corrected chi connectivity index (χ1v) is 7.19. The van der Waals surface area contributed by atoms with E-state index < -0.39 is 17.7 Å². The van der Waals surface area contributed by atoms with E-state index >= 15 is 0 Å². The second-order valence-electron chi connectivity index (χ2n) is 5.70. The Balaban J connectivity index is 1.78. The average Bonchev–Trinajstić information content (AvgIpc) is 2.89. The highest BCUT2D eigenvalue weighted by molar-refractivity contribution is 5.89. The van der Waals surface area contributed by atoms with Crippen molar-refractivity contribution in [3.05, 3.63) is 29.8 Å². The van der Waals surface area contributed by atoms with Gasteiger partial charge in [0, 0.05) is 25.2 Å². The van der Waals surface area contributed by atoms with Gasteiger partial charge in [-0.25, -0.2) is 13.6 Å². The number of anilines is 1. The smallest absolute Gasteiger partial charge is 0.319 e. The van der Waals surface area contributed by atoms with Gasteiger partial charge in [-0.15, -0.1) is 0 Å². The molecular formula is C15H21F2N3O. The number of hydrogen-bond donors (Lipinski definition) is 2. The van der Waals surface area contributed by atoms with Crippen LogP contribution in [0.3, 0.4) is 0 Å². The van der Waals surface area contributed by atoms with E-state index in [4.69, 9.17) is 0 Å². The number of nitrogens with zero attached hydrogens (tertiary/aromatic N) is 1. The van der Waals surface area contributed by atoms with Crippen LogP contribution < -0.4 is 10.6 Å². The van der Waals surface area contributed by atoms with Crippen molar-refractivity contribution in [2.24, 2.45) is 5.92 Å². The number of carbonyl (C=O) groups is 1. The van der Waals surface area contributed by atoms with Gasteiger partial charge in [0.2, 0.25) is 0 Å². The number of likely N-dealkylation sites (tertiary alicyclic amines) is 1. The van der Waals surface area contributed by atoms with Gasteiger partial charge >= 0.3 is 6.03 Å². The van der Waals surface area contributed by atoms with E-state index in [0.29, 0.717) is 18.5 Å². The number of hydrogen-bond acceptors (Lipinski definition) is 2. The number of urea groups is 1. The molecule has 1 aromatic carbocycles. The summed E-state index contributed by atoms with van der Waals surface area (Å²) in [5.41, 5.74) is -0.0240. The predicted molar refractivity (Wildman–Crippen MR) is 78.2 cm³/mol. The minimum absolute atomic E-state index is 0.0240. The van der Waals surface area contributed by atoms with Crippen molar-refractivity contribution in [2.45, 2.75) is 26.3 Å². The van der Waals surface area contributed by atoms with Crippen LogP contribution >= 0.6 is 0 Å². The second-order valence-corrected chi connectivity index (χ2v) is 5.70. The molecule has 0 bridgehead atoms. The average molecular weight is 297 g/mol. The summed E-state index contributed by atoms with van der Waals surface area (Å²) < 4.78 is 26.2. The number of rotatable bonds is 4. The van der Waals surface area contributed by atoms with Crippen LogP contribution in [0.15, 0.2) is 18.2 Å². The van der Waals surface area contributed by atoms with E-state index in [-0.39, 0.29) is 5.69 Å². The van der Waals surface area contributed by atoms with Crippen LogP contribution in [-0.2, 0) is 0 Å². The molecule has 0 aromatic heterocycles. The first kappa shape index (κ1) is 15.7. The zero-order chi connectivity index (χ0) is 15.4. The molecule has 1 aliphatic heterocycles. The van der Waals surface area contributed by atoms with Gasteiger partial charge in [-0.05, 0) is 44.9 Å². The lowest BCUT2D eigenvalue weighted by atomic mass is 10.1. The predicted octanol–water partition coefficient (Wildman–Crippen LogP) is 2.82. The SMILES string of the molecule is CC(C)N1CC[C@H](CNC(=O)Nc2ccc(F)cc2F)C1. The van der Waals surface area contributed by atoms with Gasteiger partial charge in [0.15, 0.2) is 0 Å². The largest absolute Gasteiger partial charge is 0.338 e. The first-order valence-electron chi connectivity index (χ1n) is 7.19. The van der Waals surface area contributed by atoms with E-state index in [1.165, 1.54) is 6.07 Å². The Morgan fingerprint density at radius 3 is 2.81 bits per heavy atom. The Morgan fingerprint density at radius 1 is 1.43 bits per heavy atom. The van der Waals surface area contributed by atoms with Crippen LogP contribution in [0.25, 0.3) is 0 Å². The third-order valence-electron chi connectivity index (χ3n) is 3.78. The first-order chi connectivity index (χ1) is 9.95. The third-order valence-corrected chi connectivity index (χ3v) is 3.78. The van der Waals surface area contributed by atoms with E-state index in [2.05, 4.69) is 29.4 Å². The number of carbonyl (C=O) groups excluding carboxylic acids is 1. The van der Waals surface area contributed by atoms with E-state index in [1.54, 1.807) is 0 Å². The van der Waals surface area contributed by atoms with Gasteiger partial charge in [-0.1, -0.05) is 0 Å². The van der Waals surface area contributed by atoms with Crippen LogP contribution in [-0.4, -0.2) is 36.6 Å². The lowest BCUT2D eigenvalue weighted by Crippen LogP contribution is -2.35. The van der Waals surface area contributed by atoms with Crippen molar-refractivity contribution in [1.29, 1.82) is 0 Å². The molecule has 0 radical (unpaired) electrons. The summed E-state index contributed by atoms with van der Waals surface area (Å²) in [5, 5.41) is 5.13. The molecule has 2 amide bonds. The zero-order valence-corrected chi connectivity index (χ0v) is 12.3. The standard InChI is InChI=1S/C15H21F2N3O/c1-10(2)20-6-5-11(9-20)8-18-15(21)19-14-4-3-12(16)7-13(14)17/h3-4,7,10-11H,5-6,8-9H2,1-2H3,(H2,18,19,21)/t11-/m1/s1. The maximum Gasteiger partial charge on any atom is 0.319 e. The Morgan fingerprint density at radius 2 is 2.19 bits per heavy atom. The third kappa shape index (κ3) is 4.39. The molecule has 0 saturated carbocycles. The van der Waals surface area contributed by atoms with Crippen LogP contribution in [0, 0.1) is 17.6 Å². The minimum atomic E-state index is -0.781. The summed E-state index contributed by atoms with van der Waals surface area (Å²) in [6.45, 7) is 6.86. The fraction of sp³-hybridized carbons (Fsp3) is 0.533. The van der Waals surface area contributed by atoms with Gasteiger partial charge in [0.05, 0.1) is 5.69 Å². The lowest BCUT2D eigenvalue weighted by molar-refractivity contribution is 0.247. The maximum absolute atomic E-state index is 13.4. The second kappa shape index (κ2) is 6.85. The van der Waals surface area contributed by atoms with Crippen molar-refractivity contribution in [1.82, 2.24) is 10.2 Å². The van der Waals surface area contributed by atoms with Crippen molar-refractivity contribution in [2.75, 3.05) is 25.0 Å². The molecule has 2 N–H and O–H groups in total. The summed E-state index contributed by atoms with van der Waals surface area (Å²) in [4.78, 5) is 14.1. The summed E-state index contributed by atoms with van der Waals surface area (Å²) in [5.74, 6) is -1.04. The fourth-order valence-electron chi connectivity index (χ4n) is 2.49. The number of amides is 2.